The summed E-state index contributed by atoms with van der Waals surface area (Å²) in [5, 5.41) is 32.7. The Bertz CT molecular complexity index is 1470. The van der Waals surface area contributed by atoms with Gasteiger partial charge in [-0.25, -0.2) is 0 Å². The molecule has 325 valence electrons. The van der Waals surface area contributed by atoms with Gasteiger partial charge in [0.1, 0.15) is 30.2 Å². The van der Waals surface area contributed by atoms with Gasteiger partial charge in [0.05, 0.1) is 0 Å². The first-order chi connectivity index (χ1) is 27.0. The number of carbonyl (C=O) groups is 7. The van der Waals surface area contributed by atoms with Gasteiger partial charge in [-0.05, 0) is 55.1 Å². The van der Waals surface area contributed by atoms with Crippen molar-refractivity contribution in [2.75, 3.05) is 25.2 Å². The molecule has 0 aromatic heterocycles. The number of hydrogen-bond acceptors (Lipinski definition) is 10. The Labute approximate surface area is 377 Å². The molecule has 0 aliphatic carbocycles. The third-order valence-corrected chi connectivity index (χ3v) is 11.2. The summed E-state index contributed by atoms with van der Waals surface area (Å²) in [6.07, 6.45) is 1.08. The van der Waals surface area contributed by atoms with Gasteiger partial charge in [0.15, 0.2) is 0 Å². The molecule has 1 aliphatic heterocycles. The van der Waals surface area contributed by atoms with Crippen molar-refractivity contribution in [1.82, 2.24) is 31.9 Å². The fourth-order valence-corrected chi connectivity index (χ4v) is 7.62. The molecule has 6 atom stereocenters. The number of carboxylic acid groups (broad SMARTS) is 1. The molecule has 58 heavy (non-hydrogen) atoms. The van der Waals surface area contributed by atoms with Gasteiger partial charge in [-0.3, -0.25) is 33.6 Å². The van der Waals surface area contributed by atoms with Gasteiger partial charge in [-0.15, -0.1) is 0 Å². The van der Waals surface area contributed by atoms with Crippen molar-refractivity contribution in [2.24, 2.45) is 17.8 Å². The van der Waals surface area contributed by atoms with Crippen LogP contribution in [0, 0.1) is 17.8 Å². The van der Waals surface area contributed by atoms with Gasteiger partial charge in [-0.2, -0.15) is 23.5 Å². The topological polar surface area (TPSA) is 232 Å². The minimum absolute atomic E-state index is 0. The van der Waals surface area contributed by atoms with E-state index in [1.54, 1.807) is 11.8 Å². The summed E-state index contributed by atoms with van der Waals surface area (Å²) >= 11 is 3.09. The van der Waals surface area contributed by atoms with Crippen molar-refractivity contribution in [3.63, 3.8) is 0 Å². The van der Waals surface area contributed by atoms with Crippen LogP contribution in [-0.2, 0) is 77.8 Å². The van der Waals surface area contributed by atoms with Gasteiger partial charge in [0.2, 0.25) is 35.4 Å². The first-order valence-electron chi connectivity index (χ1n) is 19.7. The number of hydrogen-bond donors (Lipinski definition) is 8. The van der Waals surface area contributed by atoms with Crippen LogP contribution in [-0.4, -0.2) is 107 Å². The number of carboxylic acids is 1. The second-order valence-corrected chi connectivity index (χ2v) is 17.2. The number of thioether (sulfide) groups is 2. The Morgan fingerprint density at radius 2 is 1.50 bits per heavy atom. The molecular formula is C40H66N6O9S2Y. The third-order valence-electron chi connectivity index (χ3n) is 9.03. The van der Waals surface area contributed by atoms with E-state index in [0.717, 1.165) is 18.2 Å². The molecule has 1 aliphatic rings. The Morgan fingerprint density at radius 3 is 2.09 bits per heavy atom. The fourth-order valence-electron chi connectivity index (χ4n) is 5.81. The number of nitrogens with one attached hydrogen (secondary N) is 6. The van der Waals surface area contributed by atoms with Gasteiger partial charge in [0, 0.05) is 82.2 Å². The molecule has 0 fully saturated rings. The predicted molar refractivity (Wildman–Crippen MR) is 225 cm³/mol. The Balaban J connectivity index is 0.0000107. The summed E-state index contributed by atoms with van der Waals surface area (Å²) in [6.45, 7) is 13.3. The Hall–Kier alpha value is -2.73. The van der Waals surface area contributed by atoms with Gasteiger partial charge < -0.3 is 42.1 Å². The summed E-state index contributed by atoms with van der Waals surface area (Å²) in [6, 6.07) is 3.09. The molecule has 1 radical (unpaired) electrons. The smallest absolute Gasteiger partial charge is 0.303 e. The maximum Gasteiger partial charge on any atom is 0.303 e. The van der Waals surface area contributed by atoms with Crippen LogP contribution in [0.1, 0.15) is 98.1 Å². The summed E-state index contributed by atoms with van der Waals surface area (Å²) < 4.78 is 0. The number of aliphatic carboxylic acids is 1. The number of rotatable bonds is 13. The number of carbonyl (C=O) groups excluding carboxylic acids is 6. The summed E-state index contributed by atoms with van der Waals surface area (Å²) in [5.41, 5.74) is 2.11. The second-order valence-electron chi connectivity index (χ2n) is 15.0. The Kier molecular flexibility index (Phi) is 28.9. The van der Waals surface area contributed by atoms with E-state index in [-0.39, 0.29) is 87.8 Å². The standard InChI is InChI=1S/C39H62N6O8S2.CH4O.Y/c1-8-25(6)34-39(53)40-15-16-54-20-27-11-9-12-28(19-27)21-55-22-31(38(52)41-26(7)35(49)43-30(18-24(4)5)37(51)45-34)44-36(50)29(17-23(2)3)42-32(46)13-10-14-33(47)48;1-2;/h9,11-12,19,23-26,29-31,34H,8,10,13-18,20-22H2,1-7H3,(H,40,53)(H,41,52)(H,42,46)(H,43,49)(H,44,50)(H,45,51)(H,47,48);2H,1H3;/t25-,26-,29-,30-,31+,34-;;/m0../s1. The molecule has 0 unspecified atom stereocenters. The quantitative estimate of drug-likeness (QED) is 0.143. The minimum atomic E-state index is -1.10. The van der Waals surface area contributed by atoms with Crippen LogP contribution in [0.3, 0.4) is 0 Å². The van der Waals surface area contributed by atoms with Crippen LogP contribution in [0.25, 0.3) is 0 Å². The van der Waals surface area contributed by atoms with Crippen molar-refractivity contribution in [3.05, 3.63) is 35.4 Å². The average Bonchev–Trinajstić information content (AvgIpc) is 3.15. The van der Waals surface area contributed by atoms with Crippen LogP contribution < -0.4 is 31.9 Å². The van der Waals surface area contributed by atoms with Crippen molar-refractivity contribution in [3.8, 4) is 0 Å². The molecule has 0 saturated carbocycles. The molecule has 0 saturated heterocycles. The van der Waals surface area contributed by atoms with E-state index in [2.05, 4.69) is 38.0 Å². The zero-order chi connectivity index (χ0) is 43.1. The van der Waals surface area contributed by atoms with Crippen molar-refractivity contribution in [2.45, 2.75) is 129 Å². The molecule has 6 amide bonds. The molecule has 1 heterocycles. The normalized spacial score (nSPS) is 21.1. The minimum Gasteiger partial charge on any atom is -0.481 e. The van der Waals surface area contributed by atoms with E-state index in [4.69, 9.17) is 10.2 Å². The largest absolute Gasteiger partial charge is 0.481 e. The fraction of sp³-hybridized carbons (Fsp3) is 0.675. The summed E-state index contributed by atoms with van der Waals surface area (Å²) in [5.74, 6) is -2.18. The number of fused-ring (bicyclic) bond motifs is 2. The third kappa shape index (κ3) is 22.0. The monoisotopic (exact) mass is 927 g/mol. The Morgan fingerprint density at radius 1 is 0.862 bits per heavy atom. The van der Waals surface area contributed by atoms with E-state index in [0.29, 0.717) is 36.6 Å². The van der Waals surface area contributed by atoms with Crippen molar-refractivity contribution in [1.29, 1.82) is 0 Å². The summed E-state index contributed by atoms with van der Waals surface area (Å²) in [7, 11) is 1.00. The van der Waals surface area contributed by atoms with Crippen LogP contribution in [0.5, 0.6) is 0 Å². The zero-order valence-electron chi connectivity index (χ0n) is 35.4. The molecule has 2 rings (SSSR count). The van der Waals surface area contributed by atoms with Crippen LogP contribution in [0.4, 0.5) is 0 Å². The van der Waals surface area contributed by atoms with Crippen LogP contribution >= 0.6 is 23.5 Å². The molecule has 15 nitrogen and oxygen atoms in total. The molecule has 1 aromatic carbocycles. The van der Waals surface area contributed by atoms with Crippen LogP contribution in [0.15, 0.2) is 24.3 Å². The maximum atomic E-state index is 13.8. The van der Waals surface area contributed by atoms with Crippen molar-refractivity contribution < 1.29 is 76.5 Å². The first kappa shape index (κ1) is 55.3. The number of aliphatic hydroxyl groups excluding tert-OH is 1. The first-order valence-corrected chi connectivity index (χ1v) is 22.0. The molecule has 18 heteroatoms. The number of aliphatic hydroxyl groups is 1. The van der Waals surface area contributed by atoms with E-state index < -0.39 is 65.7 Å². The van der Waals surface area contributed by atoms with Gasteiger partial charge >= 0.3 is 5.97 Å². The van der Waals surface area contributed by atoms with Gasteiger partial charge in [0.25, 0.3) is 0 Å². The average molecular weight is 928 g/mol. The van der Waals surface area contributed by atoms with E-state index in [1.807, 2.05) is 59.7 Å². The molecule has 1 aromatic rings. The number of benzene rings is 1. The SMILES string of the molecule is CC[C@H](C)[C@@H]1NC(=O)[C@H](CC(C)C)NC(=O)[C@H](C)NC(=O)[C@H](NC(=O)[C@H](CC(C)C)NC(=O)CCCC(=O)O)CSCc2cccc(c2)CSCCNC1=O.CO.[Y]. The molecular weight excluding hydrogens is 862 g/mol. The van der Waals surface area contributed by atoms with Crippen molar-refractivity contribution >= 4 is 64.9 Å². The van der Waals surface area contributed by atoms with Gasteiger partial charge in [-0.1, -0.05) is 72.2 Å². The van der Waals surface area contributed by atoms with E-state index in [1.165, 1.54) is 18.7 Å². The second kappa shape index (κ2) is 30.3. The van der Waals surface area contributed by atoms with E-state index in [9.17, 15) is 33.6 Å². The predicted octanol–water partition coefficient (Wildman–Crippen LogP) is 2.73. The maximum absolute atomic E-state index is 13.8. The molecule has 0 spiro atoms. The van der Waals surface area contributed by atoms with Crippen LogP contribution in [0.2, 0.25) is 0 Å². The summed E-state index contributed by atoms with van der Waals surface area (Å²) in [4.78, 5) is 91.6. The molecule has 2 bridgehead atoms. The van der Waals surface area contributed by atoms with E-state index >= 15 is 0 Å². The zero-order valence-corrected chi connectivity index (χ0v) is 39.8. The molecule has 8 N–H and O–H groups in total. The number of amides is 6.